The van der Waals surface area contributed by atoms with Gasteiger partial charge in [0.2, 0.25) is 0 Å². The maximum Gasteiger partial charge on any atom is 0.697 e. The van der Waals surface area contributed by atoms with Crippen molar-refractivity contribution in [2.75, 3.05) is 18.5 Å². The number of carbonyl (C=O) groups excluding carboxylic acids is 1. The number of carbonyl (C=O) groups is 1. The molecule has 1 unspecified atom stereocenters. The van der Waals surface area contributed by atoms with Crippen LogP contribution in [0.3, 0.4) is 0 Å². The first-order valence-electron chi connectivity index (χ1n) is 32.3. The molecule has 3 aromatic heterocycles. The molecule has 8 rings (SSSR count). The van der Waals surface area contributed by atoms with Crippen molar-refractivity contribution in [3.63, 3.8) is 0 Å². The van der Waals surface area contributed by atoms with Crippen LogP contribution in [-0.4, -0.2) is 126 Å². The zero-order valence-electron chi connectivity index (χ0n) is 59.1. The van der Waals surface area contributed by atoms with E-state index < -0.39 is 116 Å². The van der Waals surface area contributed by atoms with E-state index in [1.807, 2.05) is 54.6 Å². The Labute approximate surface area is 556 Å². The second-order valence-electron chi connectivity index (χ2n) is 31.9. The number of H-pyrrole nitrogens is 1. The largest absolute Gasteiger partial charge is 0.697 e. The van der Waals surface area contributed by atoms with E-state index in [9.17, 15) is 14.4 Å². The summed E-state index contributed by atoms with van der Waals surface area (Å²) in [4.78, 5) is 57.5. The van der Waals surface area contributed by atoms with Gasteiger partial charge in [-0.15, -0.1) is 9.05 Å². The van der Waals surface area contributed by atoms with Crippen LogP contribution in [0.1, 0.15) is 132 Å². The lowest BCUT2D eigenvalue weighted by Crippen LogP contribution is -2.66. The summed E-state index contributed by atoms with van der Waals surface area (Å²) in [5.41, 5.74) is 0.492. The van der Waals surface area contributed by atoms with Gasteiger partial charge in [-0.2, -0.15) is 0 Å². The second kappa shape index (κ2) is 27.6. The molecule has 3 aromatic carbocycles. The molecule has 9 atom stereocenters. The smallest absolute Gasteiger partial charge is 0.414 e. The standard InChI is InChI=1S/C67H102N7O13PSi5/c1-63(2,3)89(16,17)80-42-50-53(84-88(78)79-41-49-54(85-90(18,19)64(4,5)6)56(87-92(22,23)66(10,11)12)60(82-49)73-39-38-51(75)71-62(73)77)55(86-91(20,21)65(7,8)9)61(83-50)74-44-70-52-57(68-43-69-58(52)74)72-59(76)48-37-31-30-32-45(48)40-81-93(67(13,14)15,46-33-26-24-27-34-46)47-35-28-25-29-36-47/h24-39,43-44,49-50,53-56,60-61H,40-42H2,1-23H3,(H-,68,69,71,72,75,76,77)/p+1/t49-,50-,53-,54-,55-,56-,60-,61-/m1/s1. The van der Waals surface area contributed by atoms with E-state index in [4.69, 9.17) is 50.6 Å². The van der Waals surface area contributed by atoms with Crippen LogP contribution in [0.4, 0.5) is 5.82 Å². The number of nitrogens with one attached hydrogen (secondary N) is 2. The Morgan fingerprint density at radius 1 is 0.570 bits per heavy atom. The predicted molar refractivity (Wildman–Crippen MR) is 379 cm³/mol. The Morgan fingerprint density at radius 2 is 1.05 bits per heavy atom. The Kier molecular flexibility index (Phi) is 22.0. The van der Waals surface area contributed by atoms with E-state index in [2.05, 4.69) is 196 Å². The molecule has 26 heteroatoms. The molecule has 93 heavy (non-hydrogen) atoms. The molecular formula is C67H103N7O13PSi5+. The van der Waals surface area contributed by atoms with E-state index in [-0.39, 0.29) is 50.8 Å². The average molecular weight is 1390 g/mol. The number of hydrogen-bond acceptors (Lipinski definition) is 16. The Hall–Kier alpha value is -4.82. The van der Waals surface area contributed by atoms with E-state index in [1.54, 1.807) is 17.0 Å². The quantitative estimate of drug-likeness (QED) is 0.0449. The number of fused-ring (bicyclic) bond motifs is 1. The Bertz CT molecular complexity index is 3670. The summed E-state index contributed by atoms with van der Waals surface area (Å²) in [6, 6.07) is 29.5. The molecular weight excluding hydrogens is 1280 g/mol. The lowest BCUT2D eigenvalue weighted by atomic mass is 10.1. The van der Waals surface area contributed by atoms with Gasteiger partial charge in [0.25, 0.3) is 19.8 Å². The van der Waals surface area contributed by atoms with Crippen LogP contribution in [0.15, 0.2) is 119 Å². The molecule has 1 amide bonds. The van der Waals surface area contributed by atoms with Crippen molar-refractivity contribution in [1.29, 1.82) is 0 Å². The summed E-state index contributed by atoms with van der Waals surface area (Å²) < 4.78 is 81.3. The predicted octanol–water partition coefficient (Wildman–Crippen LogP) is 13.8. The fourth-order valence-electron chi connectivity index (χ4n) is 10.7. The summed E-state index contributed by atoms with van der Waals surface area (Å²) in [5.74, 6) is -0.245. The number of amides is 1. The molecule has 2 N–H and O–H groups in total. The van der Waals surface area contributed by atoms with Crippen molar-refractivity contribution in [2.45, 2.75) is 237 Å². The molecule has 0 saturated carbocycles. The van der Waals surface area contributed by atoms with Crippen LogP contribution in [0.2, 0.25) is 77.6 Å². The normalized spacial score (nSPS) is 21.8. The third-order valence-electron chi connectivity index (χ3n) is 20.4. The van der Waals surface area contributed by atoms with Gasteiger partial charge in [0.1, 0.15) is 43.5 Å². The maximum absolute atomic E-state index is 15.0. The number of aromatic amines is 1. The van der Waals surface area contributed by atoms with Crippen LogP contribution in [-0.2, 0) is 51.8 Å². The van der Waals surface area contributed by atoms with Gasteiger partial charge < -0.3 is 36.9 Å². The first-order valence-corrected chi connectivity index (χ1v) is 46.9. The fraction of sp³-hybridized carbons (Fsp3) is 0.582. The SMILES string of the molecule is CC(C)(C)[Si](C)(C)OC[C@H]1O[C@@H](n2cnc3c(NC(=O)c4ccccc4CO[Si](c4ccccc4)(c4ccccc4)C(C)(C)C)ncnc32)[C@H](O[Si](C)(C)C(C)(C)C)[C@@H]1O[P+](=O)OC[C@H]1O[C@@H](n2ccc(=O)[nH]c2=O)[C@H](O[Si](C)(C)C(C)(C)C)[C@@H]1O[Si](C)(C)C(C)(C)C. The van der Waals surface area contributed by atoms with E-state index in [1.165, 1.54) is 23.2 Å². The van der Waals surface area contributed by atoms with Gasteiger partial charge >= 0.3 is 13.9 Å². The fourth-order valence-corrected chi connectivity index (χ4v) is 20.9. The Balaban J connectivity index is 1.14. The third kappa shape index (κ3) is 15.9. The van der Waals surface area contributed by atoms with Crippen molar-refractivity contribution < 1.29 is 50.0 Å². The lowest BCUT2D eigenvalue weighted by Gasteiger charge is -2.44. The number of nitrogens with zero attached hydrogens (tertiary/aromatic N) is 5. The van der Waals surface area contributed by atoms with E-state index in [0.29, 0.717) is 22.3 Å². The zero-order chi connectivity index (χ0) is 68.9. The molecule has 508 valence electrons. The zero-order valence-corrected chi connectivity index (χ0v) is 65.0. The molecule has 2 aliphatic heterocycles. The van der Waals surface area contributed by atoms with Crippen LogP contribution in [0.25, 0.3) is 11.2 Å². The number of hydrogen-bond donors (Lipinski definition) is 2. The maximum atomic E-state index is 15.0. The number of aromatic nitrogens is 6. The first kappa shape index (κ1) is 74.0. The highest BCUT2D eigenvalue weighted by Crippen LogP contribution is 2.50. The summed E-state index contributed by atoms with van der Waals surface area (Å²) in [7, 11) is -16.6. The number of rotatable bonds is 23. The highest BCUT2D eigenvalue weighted by atomic mass is 31.1. The molecule has 0 spiro atoms. The van der Waals surface area contributed by atoms with Crippen LogP contribution < -0.4 is 26.9 Å². The van der Waals surface area contributed by atoms with Gasteiger partial charge in [-0.1, -0.05) is 183 Å². The van der Waals surface area contributed by atoms with Crippen molar-refractivity contribution in [3.8, 4) is 0 Å². The molecule has 0 aliphatic carbocycles. The summed E-state index contributed by atoms with van der Waals surface area (Å²) in [6.07, 6.45) is -3.19. The van der Waals surface area contributed by atoms with Crippen molar-refractivity contribution in [3.05, 3.63) is 142 Å². The van der Waals surface area contributed by atoms with E-state index >= 15 is 4.57 Å². The molecule has 0 radical (unpaired) electrons. The van der Waals surface area contributed by atoms with Gasteiger partial charge in [-0.25, -0.2) is 19.7 Å². The molecule has 6 aromatic rings. The number of anilines is 1. The molecule has 5 heterocycles. The second-order valence-corrected chi connectivity index (χ2v) is 56.2. The minimum Gasteiger partial charge on any atom is -0.414 e. The van der Waals surface area contributed by atoms with Crippen molar-refractivity contribution in [2.24, 2.45) is 0 Å². The van der Waals surface area contributed by atoms with Crippen LogP contribution in [0, 0.1) is 0 Å². The summed E-state index contributed by atoms with van der Waals surface area (Å²) in [6.45, 7) is 49.3. The number of imidazole rings is 1. The van der Waals surface area contributed by atoms with Gasteiger partial charge in [-0.05, 0) is 99.6 Å². The van der Waals surface area contributed by atoms with Gasteiger partial charge in [-0.3, -0.25) is 23.7 Å². The lowest BCUT2D eigenvalue weighted by molar-refractivity contribution is -0.0532. The van der Waals surface area contributed by atoms with Crippen molar-refractivity contribution in [1.82, 2.24) is 29.1 Å². The summed E-state index contributed by atoms with van der Waals surface area (Å²) in [5, 5.41) is 3.99. The molecule has 20 nitrogen and oxygen atoms in total. The highest BCUT2D eigenvalue weighted by Gasteiger charge is 2.59. The van der Waals surface area contributed by atoms with Crippen LogP contribution in [0.5, 0.6) is 0 Å². The topological polar surface area (TPSA) is 228 Å². The first-order chi connectivity index (χ1) is 42.9. The van der Waals surface area contributed by atoms with Gasteiger partial charge in [0, 0.05) is 22.4 Å². The monoisotopic (exact) mass is 1380 g/mol. The Morgan fingerprint density at radius 3 is 1.57 bits per heavy atom. The minimum absolute atomic E-state index is 0.0521. The molecule has 2 saturated heterocycles. The van der Waals surface area contributed by atoms with E-state index in [0.717, 1.165) is 10.4 Å². The molecule has 2 fully saturated rings. The summed E-state index contributed by atoms with van der Waals surface area (Å²) >= 11 is 0. The molecule has 2 aliphatic rings. The number of ether oxygens (including phenoxy) is 2. The van der Waals surface area contributed by atoms with Gasteiger partial charge in [0.15, 0.2) is 68.8 Å². The highest BCUT2D eigenvalue weighted by molar-refractivity contribution is 7.33. The molecule has 0 bridgehead atoms. The van der Waals surface area contributed by atoms with Gasteiger partial charge in [0.05, 0.1) is 19.5 Å². The third-order valence-corrected chi connectivity index (χ3v) is 44.0. The minimum atomic E-state index is -3.01. The van der Waals surface area contributed by atoms with Crippen molar-refractivity contribution >= 4 is 83.1 Å². The number of benzene rings is 3. The average Bonchev–Trinajstić information content (AvgIpc) is 1.67. The van der Waals surface area contributed by atoms with Crippen LogP contribution >= 0.6 is 8.25 Å².